The van der Waals surface area contributed by atoms with Crippen molar-refractivity contribution in [1.82, 2.24) is 10.2 Å². The van der Waals surface area contributed by atoms with Gasteiger partial charge in [-0.3, -0.25) is 0 Å². The molecule has 114 valence electrons. The monoisotopic (exact) mass is 270 g/mol. The molecule has 0 aliphatic carbocycles. The van der Waals surface area contributed by atoms with E-state index in [9.17, 15) is 0 Å². The van der Waals surface area contributed by atoms with Crippen molar-refractivity contribution < 1.29 is 0 Å². The molecule has 1 rings (SSSR count). The van der Waals surface area contributed by atoms with Gasteiger partial charge in [-0.15, -0.1) is 6.58 Å². The van der Waals surface area contributed by atoms with Gasteiger partial charge in [-0.25, -0.2) is 0 Å². The van der Waals surface area contributed by atoms with Crippen molar-refractivity contribution in [2.45, 2.75) is 33.1 Å². The Morgan fingerprint density at radius 3 is 1.74 bits per heavy atom. The fourth-order valence-corrected chi connectivity index (χ4v) is 0.875. The second-order valence-corrected chi connectivity index (χ2v) is 4.01. The lowest BCUT2D eigenvalue weighted by Crippen LogP contribution is -2.11. The highest BCUT2D eigenvalue weighted by Crippen LogP contribution is 2.02. The third kappa shape index (κ3) is 38.4. The molecule has 0 aromatic rings. The third-order valence-electron chi connectivity index (χ3n) is 2.13. The first kappa shape index (κ1) is 22.7. The zero-order chi connectivity index (χ0) is 15.5. The predicted octanol–water partition coefficient (Wildman–Crippen LogP) is 2.41. The van der Waals surface area contributed by atoms with Gasteiger partial charge in [0.1, 0.15) is 0 Å². The molecule has 0 radical (unpaired) electrons. The Bertz CT molecular complexity index is 202. The first-order valence-electron chi connectivity index (χ1n) is 6.74. The first-order valence-corrected chi connectivity index (χ1v) is 6.74. The Hall–Kier alpha value is -1.42. The second-order valence-electron chi connectivity index (χ2n) is 4.01. The summed E-state index contributed by atoms with van der Waals surface area (Å²) in [5, 5.41) is 2.61. The van der Waals surface area contributed by atoms with E-state index in [2.05, 4.69) is 37.3 Å². The van der Waals surface area contributed by atoms with Crippen molar-refractivity contribution in [3.63, 3.8) is 0 Å². The fraction of sp³-hybridized carbons (Fsp3) is 0.600. The van der Waals surface area contributed by atoms with Crippen LogP contribution in [0.15, 0.2) is 37.3 Å². The van der Waals surface area contributed by atoms with Crippen molar-refractivity contribution in [2.24, 2.45) is 11.5 Å². The van der Waals surface area contributed by atoms with Gasteiger partial charge < -0.3 is 21.7 Å². The summed E-state index contributed by atoms with van der Waals surface area (Å²) in [4.78, 5) is 2.36. The Labute approximate surface area is 120 Å². The molecular formula is C15H34N4. The average Bonchev–Trinajstić information content (AvgIpc) is 2.91. The topological polar surface area (TPSA) is 67.3 Å². The Balaban J connectivity index is -0.000000184. The quantitative estimate of drug-likeness (QED) is 0.674. The van der Waals surface area contributed by atoms with Gasteiger partial charge in [0.15, 0.2) is 0 Å². The summed E-state index contributed by atoms with van der Waals surface area (Å²) in [5.74, 6) is 0.505. The average molecular weight is 270 g/mol. The van der Waals surface area contributed by atoms with Crippen LogP contribution in [-0.4, -0.2) is 32.1 Å². The minimum Gasteiger partial charge on any atom is -0.405 e. The van der Waals surface area contributed by atoms with Crippen LogP contribution in [0, 0.1) is 0 Å². The molecule has 4 heteroatoms. The van der Waals surface area contributed by atoms with Crippen molar-refractivity contribution in [1.29, 1.82) is 0 Å². The summed E-state index contributed by atoms with van der Waals surface area (Å²) >= 11 is 0. The van der Waals surface area contributed by atoms with Crippen molar-refractivity contribution in [3.8, 4) is 0 Å². The number of hydrogen-bond donors (Lipinski definition) is 3. The summed E-state index contributed by atoms with van der Waals surface area (Å²) in [6.07, 6.45) is 9.06. The number of nitrogens with one attached hydrogen (secondary N) is 1. The van der Waals surface area contributed by atoms with Gasteiger partial charge in [0.05, 0.1) is 5.82 Å². The molecule has 1 aliphatic rings. The molecule has 1 heterocycles. The lowest BCUT2D eigenvalue weighted by Gasteiger charge is -2.01. The molecule has 4 nitrogen and oxygen atoms in total. The largest absolute Gasteiger partial charge is 0.405 e. The molecule has 0 aromatic carbocycles. The molecule has 0 saturated carbocycles. The number of hydrogen-bond acceptors (Lipinski definition) is 4. The van der Waals surface area contributed by atoms with E-state index >= 15 is 0 Å². The van der Waals surface area contributed by atoms with Gasteiger partial charge in [0.25, 0.3) is 0 Å². The zero-order valence-electron chi connectivity index (χ0n) is 13.3. The summed E-state index contributed by atoms with van der Waals surface area (Å²) in [6.45, 7) is 13.4. The van der Waals surface area contributed by atoms with Crippen LogP contribution in [-0.2, 0) is 0 Å². The molecule has 0 spiro atoms. The van der Waals surface area contributed by atoms with Gasteiger partial charge in [-0.1, -0.05) is 25.7 Å². The van der Waals surface area contributed by atoms with Crippen LogP contribution in [0.4, 0.5) is 0 Å². The van der Waals surface area contributed by atoms with E-state index in [1.807, 2.05) is 13.0 Å². The standard InChI is InChI=1S/C5H11N.C4H8.C3H8N2.C3H7N/c1-6-4-2-3-5-6;1-3-4-2;1-3(4)5-2;1-2-3-4/h2-5H2,1H3;3H,1,4H2,2H3;5H,1,4H2,2H3;2-3H,4H2,1H3/b;;;3-2-. The number of nitrogens with zero attached hydrogens (tertiary/aromatic N) is 1. The zero-order valence-corrected chi connectivity index (χ0v) is 13.3. The Morgan fingerprint density at radius 1 is 1.37 bits per heavy atom. The number of allylic oxidation sites excluding steroid dienone is 2. The van der Waals surface area contributed by atoms with Gasteiger partial charge in [0.2, 0.25) is 0 Å². The third-order valence-corrected chi connectivity index (χ3v) is 2.13. The maximum Gasteiger partial charge on any atom is 0.0883 e. The molecule has 1 fully saturated rings. The lowest BCUT2D eigenvalue weighted by atomic mass is 10.4. The van der Waals surface area contributed by atoms with Crippen LogP contribution in [0.2, 0.25) is 0 Å². The molecule has 0 atom stereocenters. The molecule has 19 heavy (non-hydrogen) atoms. The maximum atomic E-state index is 4.99. The SMILES string of the molecule is C/C=C\N.C=C(N)NC.C=CCC.CN1CCCC1. The van der Waals surface area contributed by atoms with Gasteiger partial charge >= 0.3 is 0 Å². The van der Waals surface area contributed by atoms with Crippen molar-refractivity contribution in [2.75, 3.05) is 27.2 Å². The minimum atomic E-state index is 0.505. The predicted molar refractivity (Wildman–Crippen MR) is 88.6 cm³/mol. The van der Waals surface area contributed by atoms with E-state index < -0.39 is 0 Å². The fourth-order valence-electron chi connectivity index (χ4n) is 0.875. The van der Waals surface area contributed by atoms with Crippen molar-refractivity contribution in [3.05, 3.63) is 37.3 Å². The summed E-state index contributed by atoms with van der Waals surface area (Å²) in [5.41, 5.74) is 9.83. The highest BCUT2D eigenvalue weighted by molar-refractivity contribution is 4.78. The Morgan fingerprint density at radius 2 is 1.68 bits per heavy atom. The van der Waals surface area contributed by atoms with E-state index in [4.69, 9.17) is 11.5 Å². The molecule has 0 unspecified atom stereocenters. The van der Waals surface area contributed by atoms with Crippen LogP contribution >= 0.6 is 0 Å². The number of likely N-dealkylation sites (tertiary alicyclic amines) is 1. The van der Waals surface area contributed by atoms with Crippen molar-refractivity contribution >= 4 is 0 Å². The first-order chi connectivity index (χ1) is 8.99. The number of rotatable bonds is 2. The van der Waals surface area contributed by atoms with Crippen LogP contribution in [0.25, 0.3) is 0 Å². The summed E-state index contributed by atoms with van der Waals surface area (Å²) in [6, 6.07) is 0. The highest BCUT2D eigenvalue weighted by Gasteiger charge is 2.03. The summed E-state index contributed by atoms with van der Waals surface area (Å²) < 4.78 is 0. The molecule has 0 amide bonds. The second kappa shape index (κ2) is 21.8. The molecular weight excluding hydrogens is 236 g/mol. The number of nitrogens with two attached hydrogens (primary N) is 2. The van der Waals surface area contributed by atoms with Gasteiger partial charge in [0, 0.05) is 7.05 Å². The Kier molecular flexibility index (Phi) is 26.1. The van der Waals surface area contributed by atoms with E-state index in [1.54, 1.807) is 13.1 Å². The van der Waals surface area contributed by atoms with E-state index in [0.29, 0.717) is 5.82 Å². The van der Waals surface area contributed by atoms with E-state index in [1.165, 1.54) is 32.1 Å². The molecule has 1 aliphatic heterocycles. The molecule has 0 aromatic heterocycles. The van der Waals surface area contributed by atoms with E-state index in [-0.39, 0.29) is 0 Å². The molecule has 5 N–H and O–H groups in total. The summed E-state index contributed by atoms with van der Waals surface area (Å²) in [7, 11) is 3.90. The van der Waals surface area contributed by atoms with Crippen LogP contribution in [0.5, 0.6) is 0 Å². The maximum absolute atomic E-state index is 4.99. The molecule has 1 saturated heterocycles. The van der Waals surface area contributed by atoms with E-state index in [0.717, 1.165) is 6.42 Å². The molecule has 0 bridgehead atoms. The highest BCUT2D eigenvalue weighted by atomic mass is 15.1. The van der Waals surface area contributed by atoms with Gasteiger partial charge in [-0.05, 0) is 52.5 Å². The van der Waals surface area contributed by atoms with Crippen LogP contribution in [0.3, 0.4) is 0 Å². The van der Waals surface area contributed by atoms with Crippen LogP contribution in [0.1, 0.15) is 33.1 Å². The van der Waals surface area contributed by atoms with Gasteiger partial charge in [-0.2, -0.15) is 0 Å². The minimum absolute atomic E-state index is 0.505. The lowest BCUT2D eigenvalue weighted by molar-refractivity contribution is 0.418. The van der Waals surface area contributed by atoms with Crippen LogP contribution < -0.4 is 16.8 Å². The smallest absolute Gasteiger partial charge is 0.0883 e. The normalized spacial score (nSPS) is 13.1.